The molecular formula is C29H36N8O3S. The van der Waals surface area contributed by atoms with Crippen LogP contribution in [-0.4, -0.2) is 74.4 Å². The monoisotopic (exact) mass is 576 g/mol. The number of ether oxygens (including phenoxy) is 1. The molecule has 0 bridgehead atoms. The summed E-state index contributed by atoms with van der Waals surface area (Å²) in [5, 5.41) is 15.0. The van der Waals surface area contributed by atoms with Crippen molar-refractivity contribution < 1.29 is 14.3 Å². The van der Waals surface area contributed by atoms with Gasteiger partial charge in [-0.05, 0) is 58.1 Å². The predicted molar refractivity (Wildman–Crippen MR) is 159 cm³/mol. The van der Waals surface area contributed by atoms with Crippen molar-refractivity contribution in [3.8, 4) is 10.4 Å². The minimum atomic E-state index is -0.283. The van der Waals surface area contributed by atoms with E-state index in [-0.39, 0.29) is 11.8 Å². The third-order valence-corrected chi connectivity index (χ3v) is 9.45. The first-order valence-corrected chi connectivity index (χ1v) is 14.9. The second-order valence-corrected chi connectivity index (χ2v) is 12.3. The molecule has 216 valence electrons. The number of amides is 2. The quantitative estimate of drug-likeness (QED) is 0.289. The zero-order chi connectivity index (χ0) is 28.7. The SMILES string of the molecule is COCCn1nc(C)c(-c2cn3ncc(C(=O)Nc4cc(NC(=O)CCN5CCC6(CC6)C5)cnc4C)c3s2)c1C. The van der Waals surface area contributed by atoms with Crippen LogP contribution in [0.25, 0.3) is 15.3 Å². The van der Waals surface area contributed by atoms with Crippen LogP contribution in [0.15, 0.2) is 24.7 Å². The van der Waals surface area contributed by atoms with E-state index >= 15 is 0 Å². The molecule has 4 aromatic heterocycles. The summed E-state index contributed by atoms with van der Waals surface area (Å²) in [7, 11) is 1.68. The van der Waals surface area contributed by atoms with E-state index in [1.54, 1.807) is 30.1 Å². The fourth-order valence-corrected chi connectivity index (χ4v) is 6.92. The number of aromatic nitrogens is 5. The Kier molecular flexibility index (Phi) is 7.39. The van der Waals surface area contributed by atoms with Gasteiger partial charge in [0, 0.05) is 44.1 Å². The van der Waals surface area contributed by atoms with Crippen LogP contribution in [0.5, 0.6) is 0 Å². The molecule has 5 heterocycles. The molecule has 11 nitrogen and oxygen atoms in total. The first kappa shape index (κ1) is 27.6. The van der Waals surface area contributed by atoms with Gasteiger partial charge in [-0.15, -0.1) is 11.3 Å². The molecule has 1 saturated carbocycles. The van der Waals surface area contributed by atoms with E-state index < -0.39 is 0 Å². The molecule has 1 spiro atoms. The summed E-state index contributed by atoms with van der Waals surface area (Å²) in [6.07, 6.45) is 9.49. The number of thiazole rings is 1. The highest BCUT2D eigenvalue weighted by Crippen LogP contribution is 2.52. The van der Waals surface area contributed by atoms with E-state index in [4.69, 9.17) is 4.74 Å². The van der Waals surface area contributed by atoms with Crippen molar-refractivity contribution in [3.05, 3.63) is 47.3 Å². The number of carbonyl (C=O) groups excluding carboxylic acids is 2. The Morgan fingerprint density at radius 2 is 1.93 bits per heavy atom. The van der Waals surface area contributed by atoms with E-state index in [2.05, 4.69) is 30.7 Å². The van der Waals surface area contributed by atoms with Gasteiger partial charge in [-0.3, -0.25) is 19.3 Å². The average Bonchev–Trinajstić information content (AvgIpc) is 3.22. The van der Waals surface area contributed by atoms with Gasteiger partial charge < -0.3 is 20.3 Å². The minimum absolute atomic E-state index is 0.0507. The lowest BCUT2D eigenvalue weighted by Crippen LogP contribution is -2.26. The molecule has 2 aliphatic rings. The zero-order valence-corrected chi connectivity index (χ0v) is 24.8. The van der Waals surface area contributed by atoms with Crippen molar-refractivity contribution in [1.82, 2.24) is 29.3 Å². The molecule has 1 aliphatic carbocycles. The molecule has 2 amide bonds. The highest BCUT2D eigenvalue weighted by molar-refractivity contribution is 7.21. The number of fused-ring (bicyclic) bond motifs is 1. The Bertz CT molecular complexity index is 1620. The molecule has 0 atom stereocenters. The lowest BCUT2D eigenvalue weighted by atomic mass is 10.1. The van der Waals surface area contributed by atoms with Crippen LogP contribution in [0.4, 0.5) is 11.4 Å². The Labute approximate surface area is 242 Å². The summed E-state index contributed by atoms with van der Waals surface area (Å²) in [5.74, 6) is -0.334. The third kappa shape index (κ3) is 5.64. The number of nitrogens with one attached hydrogen (secondary N) is 2. The van der Waals surface area contributed by atoms with E-state index in [1.807, 2.05) is 31.6 Å². The van der Waals surface area contributed by atoms with Crippen molar-refractivity contribution in [1.29, 1.82) is 0 Å². The summed E-state index contributed by atoms with van der Waals surface area (Å²) in [6.45, 7) is 10.1. The van der Waals surface area contributed by atoms with Gasteiger partial charge in [0.1, 0.15) is 4.83 Å². The Morgan fingerprint density at radius 1 is 1.10 bits per heavy atom. The van der Waals surface area contributed by atoms with Gasteiger partial charge in [0.2, 0.25) is 5.91 Å². The number of hydrogen-bond donors (Lipinski definition) is 2. The number of carbonyl (C=O) groups is 2. The van der Waals surface area contributed by atoms with Gasteiger partial charge in [-0.2, -0.15) is 10.2 Å². The number of hydrogen-bond acceptors (Lipinski definition) is 8. The van der Waals surface area contributed by atoms with Gasteiger partial charge in [0.15, 0.2) is 0 Å². The Morgan fingerprint density at radius 3 is 2.68 bits per heavy atom. The fraction of sp³-hybridized carbons (Fsp3) is 0.483. The molecule has 12 heteroatoms. The molecule has 0 radical (unpaired) electrons. The molecule has 4 aromatic rings. The number of nitrogens with zero attached hydrogens (tertiary/aromatic N) is 6. The van der Waals surface area contributed by atoms with E-state index in [0.717, 1.165) is 46.3 Å². The summed E-state index contributed by atoms with van der Waals surface area (Å²) in [4.78, 5) is 34.5. The van der Waals surface area contributed by atoms with Crippen LogP contribution in [0, 0.1) is 26.2 Å². The molecule has 6 rings (SSSR count). The van der Waals surface area contributed by atoms with Crippen LogP contribution in [-0.2, 0) is 16.1 Å². The van der Waals surface area contributed by atoms with Crippen molar-refractivity contribution in [2.24, 2.45) is 5.41 Å². The molecule has 1 aliphatic heterocycles. The molecule has 2 N–H and O–H groups in total. The topological polar surface area (TPSA) is 119 Å². The molecule has 41 heavy (non-hydrogen) atoms. The summed E-state index contributed by atoms with van der Waals surface area (Å²) in [5.41, 5.74) is 5.80. The smallest absolute Gasteiger partial charge is 0.260 e. The highest BCUT2D eigenvalue weighted by Gasteiger charge is 2.47. The number of methoxy groups -OCH3 is 1. The second-order valence-electron chi connectivity index (χ2n) is 11.3. The number of rotatable bonds is 10. The third-order valence-electron chi connectivity index (χ3n) is 8.32. The second kappa shape index (κ2) is 11.0. The standard InChI is InChI=1S/C29H36N8O3S/c1-18-23(13-21(14-30-18)32-25(38)5-9-35-10-8-29(17-35)6-7-29)33-27(39)22-15-31-37-16-24(41-28(22)37)26-19(2)34-36(20(26)3)11-12-40-4/h13-16H,5-12,17H2,1-4H3,(H,32,38)(H,33,39). The van der Waals surface area contributed by atoms with E-state index in [0.29, 0.717) is 47.6 Å². The molecule has 2 fully saturated rings. The zero-order valence-electron chi connectivity index (χ0n) is 24.0. The molecule has 1 saturated heterocycles. The summed E-state index contributed by atoms with van der Waals surface area (Å²) < 4.78 is 8.89. The van der Waals surface area contributed by atoms with Crippen molar-refractivity contribution in [3.63, 3.8) is 0 Å². The first-order valence-electron chi connectivity index (χ1n) is 14.1. The normalized spacial score (nSPS) is 16.1. The molecule has 0 unspecified atom stereocenters. The number of likely N-dealkylation sites (tertiary alicyclic amines) is 1. The predicted octanol–water partition coefficient (Wildman–Crippen LogP) is 4.29. The van der Waals surface area contributed by atoms with Crippen LogP contribution in [0.3, 0.4) is 0 Å². The Hall–Kier alpha value is -3.61. The van der Waals surface area contributed by atoms with Crippen molar-refractivity contribution in [2.75, 3.05) is 44.0 Å². The van der Waals surface area contributed by atoms with Gasteiger partial charge in [0.05, 0.1) is 58.7 Å². The minimum Gasteiger partial charge on any atom is -0.383 e. The number of pyridine rings is 1. The fourth-order valence-electron chi connectivity index (χ4n) is 5.71. The van der Waals surface area contributed by atoms with Crippen LogP contribution >= 0.6 is 11.3 Å². The number of anilines is 2. The van der Waals surface area contributed by atoms with E-state index in [9.17, 15) is 9.59 Å². The maximum Gasteiger partial charge on any atom is 0.260 e. The first-order chi connectivity index (χ1) is 19.7. The average molecular weight is 577 g/mol. The number of aryl methyl sites for hydroxylation is 2. The van der Waals surface area contributed by atoms with Crippen molar-refractivity contribution in [2.45, 2.75) is 53.0 Å². The van der Waals surface area contributed by atoms with Gasteiger partial charge in [0.25, 0.3) is 5.91 Å². The van der Waals surface area contributed by atoms with Crippen molar-refractivity contribution >= 4 is 39.4 Å². The maximum atomic E-state index is 13.4. The van der Waals surface area contributed by atoms with Gasteiger partial charge in [-0.25, -0.2) is 4.52 Å². The largest absolute Gasteiger partial charge is 0.383 e. The summed E-state index contributed by atoms with van der Waals surface area (Å²) >= 11 is 1.50. The van der Waals surface area contributed by atoms with Crippen LogP contribution in [0.1, 0.15) is 53.1 Å². The van der Waals surface area contributed by atoms with E-state index in [1.165, 1.54) is 30.6 Å². The highest BCUT2D eigenvalue weighted by atomic mass is 32.1. The Balaban J connectivity index is 1.13. The lowest BCUT2D eigenvalue weighted by molar-refractivity contribution is -0.116. The van der Waals surface area contributed by atoms with Crippen LogP contribution in [0.2, 0.25) is 0 Å². The molecule has 0 aromatic carbocycles. The maximum absolute atomic E-state index is 13.4. The lowest BCUT2D eigenvalue weighted by Gasteiger charge is -2.15. The van der Waals surface area contributed by atoms with Gasteiger partial charge >= 0.3 is 0 Å². The summed E-state index contributed by atoms with van der Waals surface area (Å²) in [6, 6.07) is 1.76. The molecular weight excluding hydrogens is 540 g/mol. The van der Waals surface area contributed by atoms with Crippen LogP contribution < -0.4 is 10.6 Å². The van der Waals surface area contributed by atoms with Gasteiger partial charge in [-0.1, -0.05) is 0 Å².